The highest BCUT2D eigenvalue weighted by atomic mass is 79.9. The zero-order valence-corrected chi connectivity index (χ0v) is 24.3. The molecule has 0 spiro atoms. The Hall–Kier alpha value is -1.64. The number of cyclic esters (lactones) is 1. The van der Waals surface area contributed by atoms with E-state index in [1.165, 1.54) is 7.11 Å². The van der Waals surface area contributed by atoms with Gasteiger partial charge >= 0.3 is 11.9 Å². The predicted octanol–water partition coefficient (Wildman–Crippen LogP) is 5.97. The fourth-order valence-electron chi connectivity index (χ4n) is 4.54. The average molecular weight is 556 g/mol. The van der Waals surface area contributed by atoms with Crippen LogP contribution in [0.1, 0.15) is 78.4 Å². The highest BCUT2D eigenvalue weighted by Gasteiger charge is 2.39. The lowest BCUT2D eigenvalue weighted by Gasteiger charge is -2.22. The molecular formula is C26H39BrO6Si. The van der Waals surface area contributed by atoms with Crippen molar-refractivity contribution in [2.75, 3.05) is 19.5 Å². The Balaban J connectivity index is 2.52. The normalized spacial score (nSPS) is 16.4. The zero-order chi connectivity index (χ0) is 25.4. The van der Waals surface area contributed by atoms with Crippen LogP contribution in [0.3, 0.4) is 0 Å². The van der Waals surface area contributed by atoms with Crippen molar-refractivity contribution in [1.29, 1.82) is 0 Å². The number of allylic oxidation sites excluding steroid dienone is 2. The second-order valence-corrected chi connectivity index (χ2v) is 12.2. The van der Waals surface area contributed by atoms with E-state index in [1.54, 1.807) is 7.11 Å². The SMILES string of the molecule is CCCCc1c(CC=C(C)CC(CCBr)C(=O)OC)c(OC)c(C)c2c1C(=O)OC2O[SiH](C)C. The van der Waals surface area contributed by atoms with Crippen LogP contribution in [-0.2, 0) is 31.5 Å². The molecule has 1 aliphatic rings. The molecule has 0 radical (unpaired) electrons. The lowest BCUT2D eigenvalue weighted by Crippen LogP contribution is -2.17. The van der Waals surface area contributed by atoms with E-state index in [0.717, 1.165) is 58.2 Å². The number of rotatable bonds is 13. The van der Waals surface area contributed by atoms with E-state index in [1.807, 2.05) is 13.8 Å². The Morgan fingerprint density at radius 2 is 1.97 bits per heavy atom. The molecule has 8 heteroatoms. The first kappa shape index (κ1) is 28.6. The number of methoxy groups -OCH3 is 2. The van der Waals surface area contributed by atoms with E-state index in [9.17, 15) is 9.59 Å². The van der Waals surface area contributed by atoms with Crippen molar-refractivity contribution < 1.29 is 28.2 Å². The van der Waals surface area contributed by atoms with Crippen LogP contribution < -0.4 is 4.74 Å². The lowest BCUT2D eigenvalue weighted by atomic mass is 9.87. The molecule has 0 aliphatic carbocycles. The van der Waals surface area contributed by atoms with E-state index < -0.39 is 15.3 Å². The van der Waals surface area contributed by atoms with E-state index in [0.29, 0.717) is 24.8 Å². The van der Waals surface area contributed by atoms with Gasteiger partial charge < -0.3 is 18.6 Å². The van der Waals surface area contributed by atoms with Crippen LogP contribution in [0.5, 0.6) is 5.75 Å². The molecule has 0 N–H and O–H groups in total. The Morgan fingerprint density at radius 3 is 2.53 bits per heavy atom. The van der Waals surface area contributed by atoms with Gasteiger partial charge in [-0.25, -0.2) is 4.79 Å². The highest BCUT2D eigenvalue weighted by Crippen LogP contribution is 2.44. The molecule has 0 saturated heterocycles. The van der Waals surface area contributed by atoms with Gasteiger partial charge in [0.25, 0.3) is 0 Å². The molecule has 0 fully saturated rings. The Bertz CT molecular complexity index is 911. The summed E-state index contributed by atoms with van der Waals surface area (Å²) >= 11 is 3.43. The van der Waals surface area contributed by atoms with Crippen molar-refractivity contribution in [2.45, 2.75) is 78.7 Å². The summed E-state index contributed by atoms with van der Waals surface area (Å²) in [5.74, 6) is 0.106. The fraction of sp³-hybridized carbons (Fsp3) is 0.615. The minimum absolute atomic E-state index is 0.183. The number of hydrogen-bond donors (Lipinski definition) is 0. The maximum absolute atomic E-state index is 13.0. The van der Waals surface area contributed by atoms with E-state index in [-0.39, 0.29) is 17.9 Å². The summed E-state index contributed by atoms with van der Waals surface area (Å²) in [5.41, 5.74) is 5.49. The van der Waals surface area contributed by atoms with Gasteiger partial charge in [-0.1, -0.05) is 40.9 Å². The first-order valence-electron chi connectivity index (χ1n) is 12.1. The number of halogens is 1. The van der Waals surface area contributed by atoms with Crippen LogP contribution in [0.2, 0.25) is 13.1 Å². The summed E-state index contributed by atoms with van der Waals surface area (Å²) in [6.07, 6.45) is 6.19. The van der Waals surface area contributed by atoms with Crippen LogP contribution in [0.4, 0.5) is 0 Å². The van der Waals surface area contributed by atoms with Crippen LogP contribution in [0, 0.1) is 12.8 Å². The molecule has 1 aliphatic heterocycles. The van der Waals surface area contributed by atoms with Gasteiger partial charge in [-0.3, -0.25) is 4.79 Å². The standard InChI is InChI=1S/C26H39BrO6Si/c1-8-9-10-19-20(12-11-16(2)15-18(13-14-27)24(28)31-5)23(30-4)17(3)21-22(19)25(29)32-26(21)33-34(6)7/h11,18,26,34H,8-10,12-15H2,1-7H3. The third-order valence-corrected chi connectivity index (χ3v) is 7.45. The number of carbonyl (C=O) groups is 2. The number of alkyl halides is 1. The summed E-state index contributed by atoms with van der Waals surface area (Å²) in [5, 5.41) is 0.740. The third kappa shape index (κ3) is 6.73. The van der Waals surface area contributed by atoms with Gasteiger partial charge in [0.15, 0.2) is 9.04 Å². The summed E-state index contributed by atoms with van der Waals surface area (Å²) in [7, 11) is 1.67. The Labute approximate surface area is 214 Å². The second-order valence-electron chi connectivity index (χ2n) is 9.09. The molecule has 0 aromatic heterocycles. The molecule has 1 aromatic rings. The average Bonchev–Trinajstić information content (AvgIpc) is 3.11. The largest absolute Gasteiger partial charge is 0.496 e. The summed E-state index contributed by atoms with van der Waals surface area (Å²) in [6, 6.07) is 0. The maximum atomic E-state index is 13.0. The van der Waals surface area contributed by atoms with Crippen molar-refractivity contribution in [2.24, 2.45) is 5.92 Å². The van der Waals surface area contributed by atoms with Crippen LogP contribution in [0.15, 0.2) is 11.6 Å². The maximum Gasteiger partial charge on any atom is 0.341 e. The van der Waals surface area contributed by atoms with Crippen molar-refractivity contribution in [1.82, 2.24) is 0 Å². The minimum atomic E-state index is -1.43. The first-order valence-corrected chi connectivity index (χ1v) is 16.0. The van der Waals surface area contributed by atoms with E-state index in [4.69, 9.17) is 18.6 Å². The third-order valence-electron chi connectivity index (χ3n) is 6.20. The Kier molecular flexibility index (Phi) is 11.3. The molecule has 34 heavy (non-hydrogen) atoms. The highest BCUT2D eigenvalue weighted by molar-refractivity contribution is 9.09. The molecular weight excluding hydrogens is 516 g/mol. The number of benzene rings is 1. The van der Waals surface area contributed by atoms with E-state index >= 15 is 0 Å². The molecule has 6 nitrogen and oxygen atoms in total. The number of esters is 2. The Morgan fingerprint density at radius 1 is 1.26 bits per heavy atom. The van der Waals surface area contributed by atoms with E-state index in [2.05, 4.69) is 42.0 Å². The number of hydrogen-bond acceptors (Lipinski definition) is 6. The molecule has 2 rings (SSSR count). The number of carbonyl (C=O) groups excluding carboxylic acids is 2. The molecule has 0 saturated carbocycles. The quantitative estimate of drug-likeness (QED) is 0.129. The number of ether oxygens (including phenoxy) is 3. The zero-order valence-electron chi connectivity index (χ0n) is 21.6. The van der Waals surface area contributed by atoms with Gasteiger partial charge in [0.2, 0.25) is 6.29 Å². The van der Waals surface area contributed by atoms with Gasteiger partial charge in [0.05, 0.1) is 25.7 Å². The second kappa shape index (κ2) is 13.4. The van der Waals surface area contributed by atoms with Crippen LogP contribution in [0.25, 0.3) is 0 Å². The minimum Gasteiger partial charge on any atom is -0.496 e. The first-order chi connectivity index (χ1) is 16.2. The summed E-state index contributed by atoms with van der Waals surface area (Å²) in [4.78, 5) is 25.2. The molecule has 190 valence electrons. The molecule has 1 aromatic carbocycles. The van der Waals surface area contributed by atoms with Crippen molar-refractivity contribution >= 4 is 36.9 Å². The molecule has 2 unspecified atom stereocenters. The lowest BCUT2D eigenvalue weighted by molar-refractivity contribution is -0.145. The fourth-order valence-corrected chi connectivity index (χ4v) is 5.78. The number of unbranched alkanes of at least 4 members (excludes halogenated alkanes) is 1. The van der Waals surface area contributed by atoms with Gasteiger partial charge in [-0.15, -0.1) is 0 Å². The van der Waals surface area contributed by atoms with Gasteiger partial charge in [-0.2, -0.15) is 0 Å². The summed E-state index contributed by atoms with van der Waals surface area (Å²) in [6.45, 7) is 10.3. The van der Waals surface area contributed by atoms with Gasteiger partial charge in [0, 0.05) is 22.0 Å². The molecule has 0 bridgehead atoms. The topological polar surface area (TPSA) is 71.1 Å². The van der Waals surface area contributed by atoms with Crippen LogP contribution in [-0.4, -0.2) is 40.5 Å². The smallest absolute Gasteiger partial charge is 0.341 e. The summed E-state index contributed by atoms with van der Waals surface area (Å²) < 4.78 is 22.6. The van der Waals surface area contributed by atoms with Gasteiger partial charge in [0.1, 0.15) is 5.75 Å². The molecule has 0 amide bonds. The van der Waals surface area contributed by atoms with Gasteiger partial charge in [-0.05, 0) is 64.6 Å². The molecule has 1 heterocycles. The van der Waals surface area contributed by atoms with Crippen molar-refractivity contribution in [3.05, 3.63) is 39.5 Å². The monoisotopic (exact) mass is 554 g/mol. The number of fused-ring (bicyclic) bond motifs is 1. The predicted molar refractivity (Wildman–Crippen MR) is 140 cm³/mol. The molecule has 2 atom stereocenters. The van der Waals surface area contributed by atoms with Crippen molar-refractivity contribution in [3.8, 4) is 5.75 Å². The van der Waals surface area contributed by atoms with Crippen molar-refractivity contribution in [3.63, 3.8) is 0 Å². The van der Waals surface area contributed by atoms with Crippen LogP contribution >= 0.6 is 15.9 Å².